The van der Waals surface area contributed by atoms with Crippen LogP contribution in [0, 0.1) is 0 Å². The zero-order chi connectivity index (χ0) is 16.4. The average Bonchev–Trinajstić information content (AvgIpc) is 3.06. The Kier molecular flexibility index (Phi) is 5.63. The summed E-state index contributed by atoms with van der Waals surface area (Å²) in [5, 5.41) is 4.26. The van der Waals surface area contributed by atoms with Crippen molar-refractivity contribution in [1.29, 1.82) is 0 Å². The molecule has 1 aliphatic heterocycles. The molecule has 0 aliphatic carbocycles. The van der Waals surface area contributed by atoms with Gasteiger partial charge in [-0.25, -0.2) is 9.97 Å². The fourth-order valence-corrected chi connectivity index (χ4v) is 3.74. The van der Waals surface area contributed by atoms with E-state index in [0.717, 1.165) is 36.3 Å². The van der Waals surface area contributed by atoms with Gasteiger partial charge >= 0.3 is 0 Å². The maximum atomic E-state index is 12.6. The predicted molar refractivity (Wildman–Crippen MR) is 102 cm³/mol. The van der Waals surface area contributed by atoms with Crippen LogP contribution >= 0.6 is 23.7 Å². The fraction of sp³-hybridized carbons (Fsp3) is 0.278. The van der Waals surface area contributed by atoms with Gasteiger partial charge in [-0.2, -0.15) is 0 Å². The molecule has 0 amide bonds. The van der Waals surface area contributed by atoms with E-state index < -0.39 is 0 Å². The van der Waals surface area contributed by atoms with Crippen LogP contribution < -0.4 is 5.32 Å². The summed E-state index contributed by atoms with van der Waals surface area (Å²) in [5.41, 5.74) is 0.692. The van der Waals surface area contributed by atoms with Crippen LogP contribution in [-0.4, -0.2) is 35.0 Å². The van der Waals surface area contributed by atoms with E-state index >= 15 is 0 Å². The average molecular weight is 376 g/mol. The van der Waals surface area contributed by atoms with Crippen molar-refractivity contribution in [2.45, 2.75) is 18.9 Å². The van der Waals surface area contributed by atoms with Crippen LogP contribution in [0.3, 0.4) is 0 Å². The Labute approximate surface area is 155 Å². The number of rotatable bonds is 4. The van der Waals surface area contributed by atoms with Crippen LogP contribution in [0.5, 0.6) is 0 Å². The van der Waals surface area contributed by atoms with Crippen LogP contribution in [0.2, 0.25) is 0 Å². The van der Waals surface area contributed by atoms with Crippen molar-refractivity contribution in [2.75, 3.05) is 18.5 Å². The van der Waals surface area contributed by atoms with Crippen molar-refractivity contribution < 1.29 is 9.53 Å². The Morgan fingerprint density at radius 2 is 1.96 bits per heavy atom. The van der Waals surface area contributed by atoms with Crippen LogP contribution in [0.15, 0.2) is 42.6 Å². The molecule has 0 unspecified atom stereocenters. The van der Waals surface area contributed by atoms with Gasteiger partial charge in [-0.1, -0.05) is 30.3 Å². The van der Waals surface area contributed by atoms with Gasteiger partial charge in [0.2, 0.25) is 11.7 Å². The summed E-state index contributed by atoms with van der Waals surface area (Å²) in [6, 6.07) is 11.5. The number of carbonyl (C=O) groups excluding carboxylic acids is 1. The Morgan fingerprint density at radius 3 is 2.72 bits per heavy atom. The number of ketones is 1. The topological polar surface area (TPSA) is 64.1 Å². The highest BCUT2D eigenvalue weighted by molar-refractivity contribution is 7.20. The fourth-order valence-electron chi connectivity index (χ4n) is 2.77. The first-order chi connectivity index (χ1) is 11.8. The smallest absolute Gasteiger partial charge is 0.224 e. The largest absolute Gasteiger partial charge is 0.381 e. The van der Waals surface area contributed by atoms with Crippen LogP contribution in [0.4, 0.5) is 5.95 Å². The van der Waals surface area contributed by atoms with Gasteiger partial charge in [-0.3, -0.25) is 4.79 Å². The number of carbonyl (C=O) groups is 1. The van der Waals surface area contributed by atoms with Crippen molar-refractivity contribution in [3.8, 4) is 0 Å². The van der Waals surface area contributed by atoms with Gasteiger partial charge in [0.15, 0.2) is 0 Å². The number of nitrogens with zero attached hydrogens (tertiary/aromatic N) is 2. The van der Waals surface area contributed by atoms with E-state index in [4.69, 9.17) is 4.74 Å². The Hall–Kier alpha value is -2.02. The molecule has 3 aromatic rings. The molecule has 25 heavy (non-hydrogen) atoms. The highest BCUT2D eigenvalue weighted by Gasteiger charge is 2.16. The zero-order valence-electron chi connectivity index (χ0n) is 13.5. The van der Waals surface area contributed by atoms with E-state index in [0.29, 0.717) is 22.4 Å². The molecule has 1 N–H and O–H groups in total. The first kappa shape index (κ1) is 17.8. The number of hydrogen-bond donors (Lipinski definition) is 1. The molecule has 3 heterocycles. The minimum absolute atomic E-state index is 0. The predicted octanol–water partition coefficient (Wildman–Crippen LogP) is 3.94. The molecule has 4 rings (SSSR count). The summed E-state index contributed by atoms with van der Waals surface area (Å²) in [6.07, 6.45) is 3.70. The molecule has 5 nitrogen and oxygen atoms in total. The van der Waals surface area contributed by atoms with Crippen molar-refractivity contribution in [3.63, 3.8) is 0 Å². The number of anilines is 1. The number of ether oxygens (including phenoxy) is 1. The molecular formula is C18H18ClN3O2S. The van der Waals surface area contributed by atoms with Crippen molar-refractivity contribution in [2.24, 2.45) is 0 Å². The van der Waals surface area contributed by atoms with Crippen LogP contribution in [-0.2, 0) is 4.74 Å². The summed E-state index contributed by atoms with van der Waals surface area (Å²) in [5.74, 6) is 0.646. The molecule has 2 aromatic heterocycles. The summed E-state index contributed by atoms with van der Waals surface area (Å²) in [4.78, 5) is 23.0. The molecule has 0 spiro atoms. The van der Waals surface area contributed by atoms with Gasteiger partial charge in [0.05, 0.1) is 4.88 Å². The summed E-state index contributed by atoms with van der Waals surface area (Å²) in [6.45, 7) is 1.54. The van der Waals surface area contributed by atoms with E-state index in [-0.39, 0.29) is 18.2 Å². The second kappa shape index (κ2) is 7.91. The molecule has 1 aliphatic rings. The lowest BCUT2D eigenvalue weighted by molar-refractivity contribution is 0.0903. The highest BCUT2D eigenvalue weighted by atomic mass is 35.5. The van der Waals surface area contributed by atoms with Crippen molar-refractivity contribution >= 4 is 45.7 Å². The van der Waals surface area contributed by atoms with E-state index in [1.54, 1.807) is 6.20 Å². The Balaban J connectivity index is 0.00000182. The number of fused-ring (bicyclic) bond motifs is 1. The third-order valence-corrected chi connectivity index (χ3v) is 5.13. The van der Waals surface area contributed by atoms with E-state index in [1.807, 2.05) is 36.4 Å². The summed E-state index contributed by atoms with van der Waals surface area (Å²) >= 11 is 1.41. The molecule has 0 saturated carbocycles. The molecule has 130 valence electrons. The van der Waals surface area contributed by atoms with Gasteiger partial charge in [-0.05, 0) is 18.9 Å². The van der Waals surface area contributed by atoms with Gasteiger partial charge in [-0.15, -0.1) is 23.7 Å². The second-order valence-electron chi connectivity index (χ2n) is 5.79. The maximum absolute atomic E-state index is 12.6. The van der Waals surface area contributed by atoms with Crippen LogP contribution in [0.1, 0.15) is 28.1 Å². The molecule has 1 fully saturated rings. The number of nitrogens with one attached hydrogen (secondary N) is 1. The SMILES string of the molecule is Cl.O=C(c1ccccc1)c1cc2cnc(NC3CCOCC3)nc2s1. The number of hydrogen-bond acceptors (Lipinski definition) is 6. The molecule has 1 saturated heterocycles. The quantitative estimate of drug-likeness (QED) is 0.700. The molecular weight excluding hydrogens is 358 g/mol. The number of benzene rings is 1. The lowest BCUT2D eigenvalue weighted by Gasteiger charge is -2.22. The Morgan fingerprint density at radius 1 is 1.20 bits per heavy atom. The Bertz CT molecular complexity index is 863. The molecule has 0 radical (unpaired) electrons. The molecule has 0 bridgehead atoms. The summed E-state index contributed by atoms with van der Waals surface area (Å²) < 4.78 is 5.36. The second-order valence-corrected chi connectivity index (χ2v) is 6.82. The standard InChI is InChI=1S/C18H17N3O2S.ClH/c22-16(12-4-2-1-3-5-12)15-10-13-11-19-18(21-17(13)24-15)20-14-6-8-23-9-7-14;/h1-5,10-11,14H,6-9H2,(H,19,20,21);1H. The molecule has 0 atom stereocenters. The minimum atomic E-state index is 0. The number of aromatic nitrogens is 2. The van der Waals surface area contributed by atoms with Crippen LogP contribution in [0.25, 0.3) is 10.2 Å². The van der Waals surface area contributed by atoms with Gasteiger partial charge in [0.25, 0.3) is 0 Å². The normalized spacial score (nSPS) is 14.9. The van der Waals surface area contributed by atoms with E-state index in [1.165, 1.54) is 11.3 Å². The zero-order valence-corrected chi connectivity index (χ0v) is 15.1. The van der Waals surface area contributed by atoms with Gasteiger partial charge in [0.1, 0.15) is 4.83 Å². The maximum Gasteiger partial charge on any atom is 0.224 e. The number of thiophene rings is 1. The molecule has 1 aromatic carbocycles. The highest BCUT2D eigenvalue weighted by Crippen LogP contribution is 2.26. The summed E-state index contributed by atoms with van der Waals surface area (Å²) in [7, 11) is 0. The van der Waals surface area contributed by atoms with Gasteiger partial charge in [0, 0.05) is 36.4 Å². The number of halogens is 1. The van der Waals surface area contributed by atoms with E-state index in [9.17, 15) is 4.79 Å². The molecule has 7 heteroatoms. The van der Waals surface area contributed by atoms with Crippen molar-refractivity contribution in [3.05, 3.63) is 53.0 Å². The first-order valence-electron chi connectivity index (χ1n) is 8.00. The lowest BCUT2D eigenvalue weighted by atomic mass is 10.1. The third-order valence-electron chi connectivity index (χ3n) is 4.09. The minimum Gasteiger partial charge on any atom is -0.381 e. The third kappa shape index (κ3) is 3.98. The van der Waals surface area contributed by atoms with E-state index in [2.05, 4.69) is 15.3 Å². The van der Waals surface area contributed by atoms with Gasteiger partial charge < -0.3 is 10.1 Å². The first-order valence-corrected chi connectivity index (χ1v) is 8.82. The lowest BCUT2D eigenvalue weighted by Crippen LogP contribution is -2.28. The monoisotopic (exact) mass is 375 g/mol. The van der Waals surface area contributed by atoms with Crippen molar-refractivity contribution in [1.82, 2.24) is 9.97 Å².